The summed E-state index contributed by atoms with van der Waals surface area (Å²) in [7, 11) is 0. The maximum absolute atomic E-state index is 13.1. The SMILES string of the molecule is C[C@]12CC[C@@H]3c4ccc(OCCOCCCNCCCO)cc4CC[C@H]3[C@@H]1CC[C@@H]2OCCCOC(C(F)(F)F)(C(F)(F)F)C(F)(F)F. The molecule has 3 aliphatic carbocycles. The molecule has 0 unspecified atom stereocenters. The second kappa shape index (κ2) is 16.0. The molecule has 2 saturated carbocycles. The summed E-state index contributed by atoms with van der Waals surface area (Å²) in [6, 6.07) is 6.21. The largest absolute Gasteiger partial charge is 0.491 e. The minimum absolute atomic E-state index is 0.174. The summed E-state index contributed by atoms with van der Waals surface area (Å²) in [5.74, 6) is 1.83. The van der Waals surface area contributed by atoms with Crippen LogP contribution in [0.5, 0.6) is 5.75 Å². The lowest BCUT2D eigenvalue weighted by Gasteiger charge is -2.50. The molecule has 2 fully saturated rings. The highest BCUT2D eigenvalue weighted by Gasteiger charge is 2.85. The van der Waals surface area contributed by atoms with Crippen molar-refractivity contribution in [1.29, 1.82) is 0 Å². The summed E-state index contributed by atoms with van der Waals surface area (Å²) in [6.07, 6.45) is -14.4. The number of aryl methyl sites for hydroxylation is 1. The fourth-order valence-electron chi connectivity index (χ4n) is 8.06. The minimum atomic E-state index is -6.74. The smallest absolute Gasteiger partial charge is 0.435 e. The Kier molecular flexibility index (Phi) is 13.0. The Bertz CT molecular complexity index is 1130. The average molecular weight is 708 g/mol. The molecule has 4 rings (SSSR count). The first-order valence-electron chi connectivity index (χ1n) is 16.7. The first-order chi connectivity index (χ1) is 22.6. The van der Waals surface area contributed by atoms with Gasteiger partial charge in [-0.25, -0.2) is 0 Å². The highest BCUT2D eigenvalue weighted by molar-refractivity contribution is 5.40. The number of rotatable bonds is 17. The molecule has 15 heteroatoms. The van der Waals surface area contributed by atoms with E-state index < -0.39 is 37.2 Å². The lowest BCUT2D eigenvalue weighted by molar-refractivity contribution is -0.457. The van der Waals surface area contributed by atoms with Gasteiger partial charge < -0.3 is 29.4 Å². The van der Waals surface area contributed by atoms with E-state index in [1.807, 2.05) is 6.07 Å². The number of ether oxygens (including phenoxy) is 4. The van der Waals surface area contributed by atoms with Gasteiger partial charge >= 0.3 is 24.1 Å². The van der Waals surface area contributed by atoms with Crippen molar-refractivity contribution in [1.82, 2.24) is 5.32 Å². The number of nitrogens with one attached hydrogen (secondary N) is 1. The Balaban J connectivity index is 1.24. The summed E-state index contributed by atoms with van der Waals surface area (Å²) < 4.78 is 139. The van der Waals surface area contributed by atoms with Gasteiger partial charge in [0.2, 0.25) is 0 Å². The van der Waals surface area contributed by atoms with E-state index in [1.54, 1.807) is 0 Å². The number of benzene rings is 1. The molecule has 0 heterocycles. The highest BCUT2D eigenvalue weighted by Crippen LogP contribution is 2.62. The van der Waals surface area contributed by atoms with Crippen LogP contribution in [-0.4, -0.2) is 88.1 Å². The van der Waals surface area contributed by atoms with Gasteiger partial charge in [-0.2, -0.15) is 39.5 Å². The molecule has 6 nitrogen and oxygen atoms in total. The molecule has 0 radical (unpaired) electrons. The van der Waals surface area contributed by atoms with Crippen LogP contribution in [0.25, 0.3) is 0 Å². The van der Waals surface area contributed by atoms with Crippen LogP contribution in [0.2, 0.25) is 0 Å². The summed E-state index contributed by atoms with van der Waals surface area (Å²) in [5, 5.41) is 12.0. The van der Waals surface area contributed by atoms with Crippen LogP contribution < -0.4 is 10.1 Å². The molecular formula is C33H46F9NO5. The van der Waals surface area contributed by atoms with Gasteiger partial charge in [-0.1, -0.05) is 13.0 Å². The monoisotopic (exact) mass is 707 g/mol. The van der Waals surface area contributed by atoms with Crippen molar-refractivity contribution < 1.29 is 63.6 Å². The van der Waals surface area contributed by atoms with E-state index >= 15 is 0 Å². The molecule has 0 amide bonds. The zero-order valence-corrected chi connectivity index (χ0v) is 27.0. The van der Waals surface area contributed by atoms with E-state index in [9.17, 15) is 39.5 Å². The maximum Gasteiger partial charge on any atom is 0.435 e. The molecule has 3 aliphatic rings. The number of aliphatic hydroxyl groups excluding tert-OH is 1. The van der Waals surface area contributed by atoms with Crippen molar-refractivity contribution in [3.63, 3.8) is 0 Å². The molecule has 0 aliphatic heterocycles. The molecule has 2 N–H and O–H groups in total. The number of hydrogen-bond donors (Lipinski definition) is 2. The number of alkyl halides is 9. The molecular weight excluding hydrogens is 661 g/mol. The normalized spacial score (nSPS) is 26.2. The Morgan fingerprint density at radius 2 is 1.52 bits per heavy atom. The molecule has 5 atom stereocenters. The van der Waals surface area contributed by atoms with Crippen LogP contribution in [0.4, 0.5) is 39.5 Å². The highest BCUT2D eigenvalue weighted by atomic mass is 19.4. The van der Waals surface area contributed by atoms with Gasteiger partial charge in [0.25, 0.3) is 0 Å². The Morgan fingerprint density at radius 1 is 0.812 bits per heavy atom. The van der Waals surface area contributed by atoms with Gasteiger partial charge in [0.05, 0.1) is 19.3 Å². The third-order valence-corrected chi connectivity index (χ3v) is 10.4. The molecule has 0 spiro atoms. The van der Waals surface area contributed by atoms with Crippen LogP contribution in [0, 0.1) is 17.3 Å². The van der Waals surface area contributed by atoms with Gasteiger partial charge in [0, 0.05) is 19.8 Å². The molecule has 0 bridgehead atoms. The van der Waals surface area contributed by atoms with Crippen molar-refractivity contribution >= 4 is 0 Å². The summed E-state index contributed by atoms with van der Waals surface area (Å²) in [4.78, 5) is 0. The van der Waals surface area contributed by atoms with Crippen molar-refractivity contribution in [2.45, 2.75) is 101 Å². The van der Waals surface area contributed by atoms with E-state index in [2.05, 4.69) is 29.1 Å². The Hall–Kier alpha value is -1.81. The predicted molar refractivity (Wildman–Crippen MR) is 158 cm³/mol. The molecule has 1 aromatic rings. The van der Waals surface area contributed by atoms with Crippen molar-refractivity contribution in [3.05, 3.63) is 29.3 Å². The van der Waals surface area contributed by atoms with Gasteiger partial charge in [0.15, 0.2) is 0 Å². The molecule has 48 heavy (non-hydrogen) atoms. The standard InChI is InChI=1S/C33H46F9NO5/c1-29-12-11-25-24-8-6-23(46-20-19-45-16-3-14-43-13-2-15-44)21-22(24)5-7-26(25)27(29)9-10-28(29)47-17-4-18-48-30(31(34,35)36,32(37,38)39)33(40,41)42/h6,8,21,25-28,43-44H,2-5,7,9-20H2,1H3/t25-,26-,27+,28+,29+/m1/s1. The van der Waals surface area contributed by atoms with Gasteiger partial charge in [-0.3, -0.25) is 0 Å². The van der Waals surface area contributed by atoms with Crippen LogP contribution >= 0.6 is 0 Å². The van der Waals surface area contributed by atoms with E-state index in [0.29, 0.717) is 44.0 Å². The zero-order valence-electron chi connectivity index (χ0n) is 27.0. The van der Waals surface area contributed by atoms with Gasteiger partial charge in [-0.15, -0.1) is 0 Å². The molecule has 0 saturated heterocycles. The molecule has 276 valence electrons. The average Bonchev–Trinajstić information content (AvgIpc) is 3.33. The maximum atomic E-state index is 13.1. The van der Waals surface area contributed by atoms with Crippen LogP contribution in [0.3, 0.4) is 0 Å². The summed E-state index contributed by atoms with van der Waals surface area (Å²) in [5.41, 5.74) is -3.96. The number of hydrogen-bond acceptors (Lipinski definition) is 6. The van der Waals surface area contributed by atoms with Crippen LogP contribution in [0.15, 0.2) is 18.2 Å². The van der Waals surface area contributed by atoms with Gasteiger partial charge in [0.1, 0.15) is 12.4 Å². The quantitative estimate of drug-likeness (QED) is 0.129. The molecule has 0 aromatic heterocycles. The van der Waals surface area contributed by atoms with Crippen LogP contribution in [0.1, 0.15) is 75.3 Å². The predicted octanol–water partition coefficient (Wildman–Crippen LogP) is 7.52. The minimum Gasteiger partial charge on any atom is -0.491 e. The second-order valence-electron chi connectivity index (χ2n) is 13.3. The third kappa shape index (κ3) is 8.38. The van der Waals surface area contributed by atoms with Crippen molar-refractivity contribution in [2.24, 2.45) is 17.3 Å². The third-order valence-electron chi connectivity index (χ3n) is 10.4. The Morgan fingerprint density at radius 3 is 2.21 bits per heavy atom. The first kappa shape index (κ1) is 39.0. The lowest BCUT2D eigenvalue weighted by Crippen LogP contribution is -2.67. The van der Waals surface area contributed by atoms with E-state index in [4.69, 9.17) is 19.3 Å². The zero-order chi connectivity index (χ0) is 35.2. The second-order valence-corrected chi connectivity index (χ2v) is 13.3. The number of aliphatic hydroxyl groups is 1. The fraction of sp³-hybridized carbons (Fsp3) is 0.818. The van der Waals surface area contributed by atoms with Gasteiger partial charge in [-0.05, 0) is 117 Å². The number of halogens is 9. The fourth-order valence-corrected chi connectivity index (χ4v) is 8.06. The van der Waals surface area contributed by atoms with E-state index in [0.717, 1.165) is 63.8 Å². The first-order valence-corrected chi connectivity index (χ1v) is 16.7. The van der Waals surface area contributed by atoms with E-state index in [-0.39, 0.29) is 24.7 Å². The number of fused-ring (bicyclic) bond motifs is 5. The Labute approximate surface area is 275 Å². The van der Waals surface area contributed by atoms with Crippen molar-refractivity contribution in [2.75, 3.05) is 52.7 Å². The topological polar surface area (TPSA) is 69.2 Å². The summed E-state index contributed by atoms with van der Waals surface area (Å²) in [6.45, 7) is 3.68. The molecule has 1 aromatic carbocycles. The van der Waals surface area contributed by atoms with Crippen LogP contribution in [-0.2, 0) is 20.6 Å². The van der Waals surface area contributed by atoms with E-state index in [1.165, 1.54) is 11.1 Å². The summed E-state index contributed by atoms with van der Waals surface area (Å²) >= 11 is 0. The van der Waals surface area contributed by atoms with Crippen molar-refractivity contribution in [3.8, 4) is 5.75 Å². The lowest BCUT2D eigenvalue weighted by atomic mass is 9.55.